The highest BCUT2D eigenvalue weighted by Gasteiger charge is 2.21. The van der Waals surface area contributed by atoms with E-state index in [4.69, 9.17) is 4.74 Å². The topological polar surface area (TPSA) is 38.3 Å². The van der Waals surface area contributed by atoms with Crippen molar-refractivity contribution < 1.29 is 9.53 Å². The van der Waals surface area contributed by atoms with E-state index in [0.717, 1.165) is 16.8 Å². The second-order valence-electron chi connectivity index (χ2n) is 5.11. The van der Waals surface area contributed by atoms with Gasteiger partial charge in [-0.05, 0) is 38.5 Å². The molecule has 0 saturated heterocycles. The summed E-state index contributed by atoms with van der Waals surface area (Å²) in [6.07, 6.45) is 0. The number of benzene rings is 2. The van der Waals surface area contributed by atoms with Gasteiger partial charge < -0.3 is 10.1 Å². The van der Waals surface area contributed by atoms with Crippen LogP contribution < -0.4 is 5.32 Å². The number of esters is 1. The number of carbonyl (C=O) groups excluding carboxylic acids is 1. The Kier molecular flexibility index (Phi) is 4.99. The third-order valence-electron chi connectivity index (χ3n) is 3.26. The zero-order valence-corrected chi connectivity index (χ0v) is 12.7. The number of rotatable bonds is 5. The molecule has 0 fully saturated rings. The highest BCUT2D eigenvalue weighted by molar-refractivity contribution is 5.81. The maximum atomic E-state index is 12.2. The molecule has 0 heterocycles. The molecule has 0 aliphatic carbocycles. The van der Waals surface area contributed by atoms with Crippen molar-refractivity contribution in [3.05, 3.63) is 65.2 Å². The molecule has 0 amide bonds. The molecule has 1 N–H and O–H groups in total. The van der Waals surface area contributed by atoms with Crippen LogP contribution in [0.1, 0.15) is 29.7 Å². The second kappa shape index (κ2) is 6.93. The van der Waals surface area contributed by atoms with E-state index in [9.17, 15) is 4.79 Å². The maximum Gasteiger partial charge on any atom is 0.333 e. The van der Waals surface area contributed by atoms with Crippen LogP contribution in [0.2, 0.25) is 0 Å². The van der Waals surface area contributed by atoms with Gasteiger partial charge in [-0.15, -0.1) is 0 Å². The minimum Gasteiger partial charge on any atom is -0.464 e. The van der Waals surface area contributed by atoms with E-state index >= 15 is 0 Å². The Morgan fingerprint density at radius 3 is 2.43 bits per heavy atom. The van der Waals surface area contributed by atoms with Crippen molar-refractivity contribution in [2.24, 2.45) is 0 Å². The highest BCUT2D eigenvalue weighted by Crippen LogP contribution is 2.22. The van der Waals surface area contributed by atoms with Crippen LogP contribution in [-0.2, 0) is 9.53 Å². The molecule has 1 atom stereocenters. The third-order valence-corrected chi connectivity index (χ3v) is 3.26. The smallest absolute Gasteiger partial charge is 0.333 e. The fourth-order valence-corrected chi connectivity index (χ4v) is 2.17. The third kappa shape index (κ3) is 4.09. The molecule has 0 aromatic heterocycles. The first-order valence-electron chi connectivity index (χ1n) is 7.16. The van der Waals surface area contributed by atoms with Crippen LogP contribution in [0.5, 0.6) is 0 Å². The summed E-state index contributed by atoms with van der Waals surface area (Å²) < 4.78 is 5.19. The molecule has 0 saturated carbocycles. The summed E-state index contributed by atoms with van der Waals surface area (Å²) in [4.78, 5) is 12.2. The van der Waals surface area contributed by atoms with Gasteiger partial charge in [0.25, 0.3) is 0 Å². The summed E-state index contributed by atoms with van der Waals surface area (Å²) in [5, 5.41) is 3.26. The van der Waals surface area contributed by atoms with Crippen LogP contribution in [0, 0.1) is 13.8 Å². The highest BCUT2D eigenvalue weighted by atomic mass is 16.5. The van der Waals surface area contributed by atoms with Crippen molar-refractivity contribution in [3.8, 4) is 0 Å². The SMILES string of the molecule is CCOC(=O)C(Nc1ccc(C)cc1)c1cccc(C)c1. The maximum absolute atomic E-state index is 12.2. The molecule has 0 spiro atoms. The molecule has 0 bridgehead atoms. The monoisotopic (exact) mass is 283 g/mol. The molecule has 3 nitrogen and oxygen atoms in total. The molecule has 0 aliphatic rings. The van der Waals surface area contributed by atoms with Gasteiger partial charge in [-0.1, -0.05) is 47.5 Å². The summed E-state index contributed by atoms with van der Waals surface area (Å²) in [5.74, 6) is -0.260. The molecule has 1 unspecified atom stereocenters. The Morgan fingerprint density at radius 2 is 1.81 bits per heavy atom. The lowest BCUT2D eigenvalue weighted by atomic mass is 10.0. The Hall–Kier alpha value is -2.29. The Labute approximate surface area is 126 Å². The summed E-state index contributed by atoms with van der Waals surface area (Å²) >= 11 is 0. The van der Waals surface area contributed by atoms with Gasteiger partial charge in [0.05, 0.1) is 6.61 Å². The van der Waals surface area contributed by atoms with E-state index in [1.807, 2.05) is 69.3 Å². The summed E-state index contributed by atoms with van der Waals surface area (Å²) in [7, 11) is 0. The second-order valence-corrected chi connectivity index (χ2v) is 5.11. The van der Waals surface area contributed by atoms with Crippen molar-refractivity contribution in [1.82, 2.24) is 0 Å². The molecule has 2 aromatic rings. The molecule has 0 radical (unpaired) electrons. The van der Waals surface area contributed by atoms with E-state index in [2.05, 4.69) is 5.32 Å². The van der Waals surface area contributed by atoms with E-state index in [0.29, 0.717) is 6.61 Å². The molecule has 3 heteroatoms. The van der Waals surface area contributed by atoms with Gasteiger partial charge >= 0.3 is 5.97 Å². The molecule has 0 aliphatic heterocycles. The Balaban J connectivity index is 2.27. The van der Waals surface area contributed by atoms with Gasteiger partial charge in [-0.25, -0.2) is 4.79 Å². The number of carbonyl (C=O) groups is 1. The van der Waals surface area contributed by atoms with Crippen LogP contribution in [-0.4, -0.2) is 12.6 Å². The minimum absolute atomic E-state index is 0.260. The van der Waals surface area contributed by atoms with Gasteiger partial charge in [0.1, 0.15) is 0 Å². The number of hydrogen-bond donors (Lipinski definition) is 1. The van der Waals surface area contributed by atoms with Crippen molar-refractivity contribution >= 4 is 11.7 Å². The zero-order valence-electron chi connectivity index (χ0n) is 12.7. The minimum atomic E-state index is -0.493. The van der Waals surface area contributed by atoms with Crippen LogP contribution >= 0.6 is 0 Å². The summed E-state index contributed by atoms with van der Waals surface area (Å²) in [6.45, 7) is 6.23. The van der Waals surface area contributed by atoms with Gasteiger partial charge in [0.15, 0.2) is 6.04 Å². The van der Waals surface area contributed by atoms with Gasteiger partial charge in [-0.3, -0.25) is 0 Å². The number of anilines is 1. The van der Waals surface area contributed by atoms with Crippen LogP contribution in [0.4, 0.5) is 5.69 Å². The van der Waals surface area contributed by atoms with Gasteiger partial charge in [-0.2, -0.15) is 0 Å². The first kappa shape index (κ1) is 15.1. The lowest BCUT2D eigenvalue weighted by Crippen LogP contribution is -2.23. The molecule has 21 heavy (non-hydrogen) atoms. The fourth-order valence-electron chi connectivity index (χ4n) is 2.17. The molecular weight excluding hydrogens is 262 g/mol. The van der Waals surface area contributed by atoms with Crippen LogP contribution in [0.3, 0.4) is 0 Å². The number of ether oxygens (including phenoxy) is 1. The number of nitrogens with one attached hydrogen (secondary N) is 1. The Bertz CT molecular complexity index is 605. The van der Waals surface area contributed by atoms with Crippen molar-refractivity contribution in [2.45, 2.75) is 26.8 Å². The predicted molar refractivity (Wildman–Crippen MR) is 85.4 cm³/mol. The molecule has 110 valence electrons. The molecule has 2 aromatic carbocycles. The average molecular weight is 283 g/mol. The van der Waals surface area contributed by atoms with Crippen LogP contribution in [0.15, 0.2) is 48.5 Å². The zero-order chi connectivity index (χ0) is 15.2. The van der Waals surface area contributed by atoms with Crippen molar-refractivity contribution in [2.75, 3.05) is 11.9 Å². The van der Waals surface area contributed by atoms with Crippen molar-refractivity contribution in [3.63, 3.8) is 0 Å². The molecular formula is C18H21NO2. The lowest BCUT2D eigenvalue weighted by Gasteiger charge is -2.19. The van der Waals surface area contributed by atoms with Gasteiger partial charge in [0.2, 0.25) is 0 Å². The lowest BCUT2D eigenvalue weighted by molar-refractivity contribution is -0.144. The quantitative estimate of drug-likeness (QED) is 0.842. The summed E-state index contributed by atoms with van der Waals surface area (Å²) in [5.41, 5.74) is 4.12. The number of hydrogen-bond acceptors (Lipinski definition) is 3. The first-order chi connectivity index (χ1) is 10.1. The van der Waals surface area contributed by atoms with Gasteiger partial charge in [0, 0.05) is 5.69 Å². The van der Waals surface area contributed by atoms with E-state index in [-0.39, 0.29) is 5.97 Å². The fraction of sp³-hybridized carbons (Fsp3) is 0.278. The normalized spacial score (nSPS) is 11.8. The van der Waals surface area contributed by atoms with Crippen LogP contribution in [0.25, 0.3) is 0 Å². The largest absolute Gasteiger partial charge is 0.464 e. The predicted octanol–water partition coefficient (Wildman–Crippen LogP) is 4.02. The van der Waals surface area contributed by atoms with Crippen molar-refractivity contribution in [1.29, 1.82) is 0 Å². The molecule has 2 rings (SSSR count). The number of aryl methyl sites for hydroxylation is 2. The first-order valence-corrected chi connectivity index (χ1v) is 7.16. The van der Waals surface area contributed by atoms with E-state index in [1.54, 1.807) is 0 Å². The average Bonchev–Trinajstić information content (AvgIpc) is 2.47. The standard InChI is InChI=1S/C18H21NO2/c1-4-21-18(20)17(15-7-5-6-14(3)12-15)19-16-10-8-13(2)9-11-16/h5-12,17,19H,4H2,1-3H3. The Morgan fingerprint density at radius 1 is 1.10 bits per heavy atom. The van der Waals surface area contributed by atoms with E-state index < -0.39 is 6.04 Å². The summed E-state index contributed by atoms with van der Waals surface area (Å²) in [6, 6.07) is 15.4. The van der Waals surface area contributed by atoms with E-state index in [1.165, 1.54) is 5.56 Å².